The predicted octanol–water partition coefficient (Wildman–Crippen LogP) is 2.20. The summed E-state index contributed by atoms with van der Waals surface area (Å²) < 4.78 is 26.4. The molecule has 1 heterocycles. The quantitative estimate of drug-likeness (QED) is 0.855. The maximum atomic E-state index is 12.4. The third-order valence-corrected chi connectivity index (χ3v) is 5.76. The highest BCUT2D eigenvalue weighted by Crippen LogP contribution is 2.16. The predicted molar refractivity (Wildman–Crippen MR) is 82.4 cm³/mol. The average Bonchev–Trinajstić information content (AvgIpc) is 2.41. The van der Waals surface area contributed by atoms with Crippen molar-refractivity contribution in [1.29, 1.82) is 0 Å². The van der Waals surface area contributed by atoms with E-state index >= 15 is 0 Å². The van der Waals surface area contributed by atoms with E-state index in [0.717, 1.165) is 18.7 Å². The standard InChI is InChI=1S/C14H21ClN2O2S/c1-12(2)16-7-9-17(10-8-16)20(18,19)11-13-3-5-14(15)6-4-13/h3-6,12H,7-11H2,1-2H3. The van der Waals surface area contributed by atoms with Gasteiger partial charge in [-0.2, -0.15) is 4.31 Å². The third kappa shape index (κ3) is 3.95. The molecule has 20 heavy (non-hydrogen) atoms. The molecule has 0 N–H and O–H groups in total. The van der Waals surface area contributed by atoms with Gasteiger partial charge in [-0.1, -0.05) is 23.7 Å². The van der Waals surface area contributed by atoms with Gasteiger partial charge in [-0.05, 0) is 31.5 Å². The Hall–Kier alpha value is -0.620. The van der Waals surface area contributed by atoms with Gasteiger partial charge in [0, 0.05) is 37.2 Å². The summed E-state index contributed by atoms with van der Waals surface area (Å²) in [6.45, 7) is 7.03. The van der Waals surface area contributed by atoms with Crippen LogP contribution in [-0.4, -0.2) is 49.8 Å². The molecule has 1 aliphatic heterocycles. The number of rotatable bonds is 4. The van der Waals surface area contributed by atoms with Crippen molar-refractivity contribution in [3.05, 3.63) is 34.9 Å². The van der Waals surface area contributed by atoms with Crippen LogP contribution in [0.15, 0.2) is 24.3 Å². The van der Waals surface area contributed by atoms with Crippen LogP contribution in [0, 0.1) is 0 Å². The molecule has 0 aliphatic carbocycles. The zero-order valence-electron chi connectivity index (χ0n) is 11.9. The summed E-state index contributed by atoms with van der Waals surface area (Å²) in [4.78, 5) is 2.30. The Bertz CT molecular complexity index is 535. The van der Waals surface area contributed by atoms with Crippen molar-refractivity contribution in [3.63, 3.8) is 0 Å². The summed E-state index contributed by atoms with van der Waals surface area (Å²) in [7, 11) is -3.23. The van der Waals surface area contributed by atoms with Gasteiger partial charge in [0.2, 0.25) is 10.0 Å². The van der Waals surface area contributed by atoms with Crippen LogP contribution < -0.4 is 0 Å². The summed E-state index contributed by atoms with van der Waals surface area (Å²) in [5.74, 6) is 0.0475. The minimum Gasteiger partial charge on any atom is -0.298 e. The van der Waals surface area contributed by atoms with Gasteiger partial charge in [-0.3, -0.25) is 4.90 Å². The second kappa shape index (κ2) is 6.43. The first kappa shape index (κ1) is 15.8. The molecule has 1 aromatic carbocycles. The van der Waals surface area contributed by atoms with Gasteiger partial charge in [0.15, 0.2) is 0 Å². The molecule has 4 nitrogen and oxygen atoms in total. The average molecular weight is 317 g/mol. The summed E-state index contributed by atoms with van der Waals surface area (Å²) >= 11 is 5.81. The lowest BCUT2D eigenvalue weighted by atomic mass is 10.2. The summed E-state index contributed by atoms with van der Waals surface area (Å²) in [5, 5.41) is 0.622. The van der Waals surface area contributed by atoms with Crippen LogP contribution in [0.5, 0.6) is 0 Å². The first-order valence-electron chi connectivity index (χ1n) is 6.85. The lowest BCUT2D eigenvalue weighted by Gasteiger charge is -2.36. The number of halogens is 1. The van der Waals surface area contributed by atoms with Gasteiger partial charge in [0.1, 0.15) is 0 Å². The molecule has 0 amide bonds. The molecule has 0 aromatic heterocycles. The first-order valence-corrected chi connectivity index (χ1v) is 8.83. The van der Waals surface area contributed by atoms with Crippen LogP contribution in [-0.2, 0) is 15.8 Å². The van der Waals surface area contributed by atoms with Crippen molar-refractivity contribution in [2.75, 3.05) is 26.2 Å². The van der Waals surface area contributed by atoms with Crippen molar-refractivity contribution < 1.29 is 8.42 Å². The Morgan fingerprint density at radius 3 is 2.15 bits per heavy atom. The second-order valence-corrected chi connectivity index (χ2v) is 7.82. The van der Waals surface area contributed by atoms with Crippen LogP contribution in [0.25, 0.3) is 0 Å². The Labute approximate surface area is 126 Å². The van der Waals surface area contributed by atoms with E-state index in [1.807, 2.05) is 0 Å². The van der Waals surface area contributed by atoms with Gasteiger partial charge in [0.25, 0.3) is 0 Å². The van der Waals surface area contributed by atoms with Crippen LogP contribution in [0.1, 0.15) is 19.4 Å². The number of piperazine rings is 1. The number of sulfonamides is 1. The maximum Gasteiger partial charge on any atom is 0.218 e. The highest BCUT2D eigenvalue weighted by Gasteiger charge is 2.27. The SMILES string of the molecule is CC(C)N1CCN(S(=O)(=O)Cc2ccc(Cl)cc2)CC1. The molecular weight excluding hydrogens is 296 g/mol. The van der Waals surface area contributed by atoms with E-state index in [1.165, 1.54) is 0 Å². The van der Waals surface area contributed by atoms with E-state index in [-0.39, 0.29) is 5.75 Å². The molecule has 1 fully saturated rings. The third-order valence-electron chi connectivity index (χ3n) is 3.66. The first-order chi connectivity index (χ1) is 9.38. The smallest absolute Gasteiger partial charge is 0.218 e. The van der Waals surface area contributed by atoms with Crippen molar-refractivity contribution in [3.8, 4) is 0 Å². The Morgan fingerprint density at radius 2 is 1.65 bits per heavy atom. The van der Waals surface area contributed by atoms with E-state index in [0.29, 0.717) is 24.2 Å². The van der Waals surface area contributed by atoms with Gasteiger partial charge in [0.05, 0.1) is 5.75 Å². The van der Waals surface area contributed by atoms with Gasteiger partial charge < -0.3 is 0 Å². The number of hydrogen-bond donors (Lipinski definition) is 0. The van der Waals surface area contributed by atoms with Crippen molar-refractivity contribution in [2.24, 2.45) is 0 Å². The van der Waals surface area contributed by atoms with E-state index in [9.17, 15) is 8.42 Å². The lowest BCUT2D eigenvalue weighted by Crippen LogP contribution is -2.50. The molecule has 1 saturated heterocycles. The molecule has 1 aliphatic rings. The fourth-order valence-electron chi connectivity index (χ4n) is 2.38. The van der Waals surface area contributed by atoms with Crippen molar-refractivity contribution in [1.82, 2.24) is 9.21 Å². The molecule has 6 heteroatoms. The van der Waals surface area contributed by atoms with Crippen LogP contribution in [0.2, 0.25) is 5.02 Å². The number of hydrogen-bond acceptors (Lipinski definition) is 3. The Kier molecular flexibility index (Phi) is 5.07. The normalized spacial score (nSPS) is 18.6. The molecule has 112 valence electrons. The topological polar surface area (TPSA) is 40.6 Å². The number of benzene rings is 1. The molecule has 0 unspecified atom stereocenters. The molecular formula is C14H21ClN2O2S. The zero-order chi connectivity index (χ0) is 14.8. The highest BCUT2D eigenvalue weighted by molar-refractivity contribution is 7.88. The Balaban J connectivity index is 1.99. The molecule has 2 rings (SSSR count). The largest absolute Gasteiger partial charge is 0.298 e. The van der Waals surface area contributed by atoms with E-state index in [4.69, 9.17) is 11.6 Å². The van der Waals surface area contributed by atoms with Gasteiger partial charge in [-0.15, -0.1) is 0 Å². The van der Waals surface area contributed by atoms with E-state index in [1.54, 1.807) is 28.6 Å². The van der Waals surface area contributed by atoms with Crippen molar-refractivity contribution >= 4 is 21.6 Å². The lowest BCUT2D eigenvalue weighted by molar-refractivity contribution is 0.154. The van der Waals surface area contributed by atoms with Crippen LogP contribution >= 0.6 is 11.6 Å². The second-order valence-electron chi connectivity index (χ2n) is 5.41. The van der Waals surface area contributed by atoms with Crippen molar-refractivity contribution in [2.45, 2.75) is 25.6 Å². The molecule has 0 radical (unpaired) electrons. The highest BCUT2D eigenvalue weighted by atomic mass is 35.5. The summed E-state index contributed by atoms with van der Waals surface area (Å²) in [5.41, 5.74) is 0.778. The fourth-order valence-corrected chi connectivity index (χ4v) is 4.02. The number of nitrogens with zero attached hydrogens (tertiary/aromatic N) is 2. The van der Waals surface area contributed by atoms with Gasteiger partial charge in [-0.25, -0.2) is 8.42 Å². The van der Waals surface area contributed by atoms with Crippen LogP contribution in [0.3, 0.4) is 0 Å². The molecule has 0 bridgehead atoms. The Morgan fingerprint density at radius 1 is 1.10 bits per heavy atom. The molecule has 1 aromatic rings. The van der Waals surface area contributed by atoms with E-state index < -0.39 is 10.0 Å². The maximum absolute atomic E-state index is 12.4. The molecule has 0 atom stereocenters. The monoisotopic (exact) mass is 316 g/mol. The molecule has 0 saturated carbocycles. The fraction of sp³-hybridized carbons (Fsp3) is 0.571. The zero-order valence-corrected chi connectivity index (χ0v) is 13.5. The summed E-state index contributed by atoms with van der Waals surface area (Å²) in [6, 6.07) is 7.46. The van der Waals surface area contributed by atoms with E-state index in [2.05, 4.69) is 18.7 Å². The summed E-state index contributed by atoms with van der Waals surface area (Å²) in [6.07, 6.45) is 0. The van der Waals surface area contributed by atoms with Gasteiger partial charge >= 0.3 is 0 Å². The van der Waals surface area contributed by atoms with Crippen LogP contribution in [0.4, 0.5) is 0 Å². The molecule has 0 spiro atoms. The minimum absolute atomic E-state index is 0.0475. The minimum atomic E-state index is -3.23.